The zero-order valence-electron chi connectivity index (χ0n) is 7.43. The molecule has 1 rings (SSSR count). The molecular formula is C10H15NO2. The molecule has 3 heteroatoms. The molecule has 0 amide bonds. The average molecular weight is 181 g/mol. The number of hydrogen-bond acceptors (Lipinski definition) is 3. The van der Waals surface area contributed by atoms with Crippen LogP contribution < -0.4 is 5.73 Å². The van der Waals surface area contributed by atoms with Crippen molar-refractivity contribution in [3.8, 4) is 0 Å². The molecule has 0 saturated heterocycles. The van der Waals surface area contributed by atoms with Gasteiger partial charge < -0.3 is 15.9 Å². The molecule has 0 unspecified atom stereocenters. The Labute approximate surface area is 77.8 Å². The van der Waals surface area contributed by atoms with E-state index in [1.807, 2.05) is 30.3 Å². The van der Waals surface area contributed by atoms with Crippen LogP contribution in [-0.2, 0) is 6.42 Å². The Balaban J connectivity index is 2.50. The number of rotatable bonds is 4. The van der Waals surface area contributed by atoms with Crippen molar-refractivity contribution in [3.05, 3.63) is 35.9 Å². The van der Waals surface area contributed by atoms with Gasteiger partial charge in [-0.2, -0.15) is 0 Å². The van der Waals surface area contributed by atoms with Gasteiger partial charge in [0, 0.05) is 6.04 Å². The second kappa shape index (κ2) is 4.97. The lowest BCUT2D eigenvalue weighted by Gasteiger charge is -2.16. The summed E-state index contributed by atoms with van der Waals surface area (Å²) in [5.41, 5.74) is 6.72. The lowest BCUT2D eigenvalue weighted by Crippen LogP contribution is -2.38. The molecule has 0 radical (unpaired) electrons. The zero-order chi connectivity index (χ0) is 9.68. The SMILES string of the molecule is N[C@@H](Cc1ccccc1)[C@@H](O)CO. The summed E-state index contributed by atoms with van der Waals surface area (Å²) in [4.78, 5) is 0. The van der Waals surface area contributed by atoms with E-state index in [2.05, 4.69) is 0 Å². The predicted octanol–water partition coefficient (Wildman–Crippen LogP) is -0.0904. The maximum Gasteiger partial charge on any atom is 0.0924 e. The molecule has 13 heavy (non-hydrogen) atoms. The van der Waals surface area contributed by atoms with Crippen molar-refractivity contribution in [1.82, 2.24) is 0 Å². The summed E-state index contributed by atoms with van der Waals surface area (Å²) in [7, 11) is 0. The summed E-state index contributed by atoms with van der Waals surface area (Å²) in [6.45, 7) is -0.284. The molecule has 1 aromatic rings. The van der Waals surface area contributed by atoms with E-state index < -0.39 is 12.1 Å². The highest BCUT2D eigenvalue weighted by atomic mass is 16.3. The van der Waals surface area contributed by atoms with Crippen LogP contribution in [0, 0.1) is 0 Å². The van der Waals surface area contributed by atoms with E-state index in [-0.39, 0.29) is 6.61 Å². The lowest BCUT2D eigenvalue weighted by atomic mass is 10.0. The Morgan fingerprint density at radius 1 is 1.23 bits per heavy atom. The van der Waals surface area contributed by atoms with Gasteiger partial charge in [-0.3, -0.25) is 0 Å². The van der Waals surface area contributed by atoms with Crippen molar-refractivity contribution in [2.24, 2.45) is 5.73 Å². The minimum Gasteiger partial charge on any atom is -0.394 e. The summed E-state index contributed by atoms with van der Waals surface area (Å²) in [6.07, 6.45) is -0.247. The van der Waals surface area contributed by atoms with Crippen LogP contribution in [0.5, 0.6) is 0 Å². The molecule has 0 aromatic heterocycles. The third-order valence-electron chi connectivity index (χ3n) is 2.00. The van der Waals surface area contributed by atoms with Crippen molar-refractivity contribution in [2.45, 2.75) is 18.6 Å². The van der Waals surface area contributed by atoms with Crippen LogP contribution in [0.2, 0.25) is 0 Å². The second-order valence-electron chi connectivity index (χ2n) is 3.10. The molecule has 0 fully saturated rings. The molecule has 0 saturated carbocycles. The number of hydrogen-bond donors (Lipinski definition) is 3. The van der Waals surface area contributed by atoms with Gasteiger partial charge in [-0.15, -0.1) is 0 Å². The highest BCUT2D eigenvalue weighted by Crippen LogP contribution is 2.03. The Kier molecular flexibility index (Phi) is 3.89. The molecule has 0 aliphatic carbocycles. The number of nitrogens with two attached hydrogens (primary N) is 1. The molecule has 4 N–H and O–H groups in total. The lowest BCUT2D eigenvalue weighted by molar-refractivity contribution is 0.0742. The van der Waals surface area contributed by atoms with Gasteiger partial charge >= 0.3 is 0 Å². The fourth-order valence-corrected chi connectivity index (χ4v) is 1.16. The maximum atomic E-state index is 9.21. The largest absolute Gasteiger partial charge is 0.394 e. The van der Waals surface area contributed by atoms with E-state index in [1.54, 1.807) is 0 Å². The first kappa shape index (κ1) is 10.2. The van der Waals surface area contributed by atoms with Crippen molar-refractivity contribution in [1.29, 1.82) is 0 Å². The van der Waals surface area contributed by atoms with Gasteiger partial charge in [0.1, 0.15) is 0 Å². The summed E-state index contributed by atoms with van der Waals surface area (Å²) in [5, 5.41) is 17.9. The Hall–Kier alpha value is -0.900. The summed E-state index contributed by atoms with van der Waals surface area (Å²) < 4.78 is 0. The van der Waals surface area contributed by atoms with Crippen LogP contribution in [0.1, 0.15) is 5.56 Å². The first-order chi connectivity index (χ1) is 6.24. The quantitative estimate of drug-likeness (QED) is 0.608. The molecular weight excluding hydrogens is 166 g/mol. The van der Waals surface area contributed by atoms with Crippen LogP contribution in [-0.4, -0.2) is 29.0 Å². The monoisotopic (exact) mass is 181 g/mol. The van der Waals surface area contributed by atoms with Crippen LogP contribution in [0.15, 0.2) is 30.3 Å². The van der Waals surface area contributed by atoms with Gasteiger partial charge in [-0.1, -0.05) is 30.3 Å². The highest BCUT2D eigenvalue weighted by Gasteiger charge is 2.13. The van der Waals surface area contributed by atoms with E-state index in [0.29, 0.717) is 6.42 Å². The van der Waals surface area contributed by atoms with Gasteiger partial charge in [0.2, 0.25) is 0 Å². The minimum absolute atomic E-state index is 0.284. The molecule has 72 valence electrons. The fourth-order valence-electron chi connectivity index (χ4n) is 1.16. The van der Waals surface area contributed by atoms with Gasteiger partial charge in [-0.25, -0.2) is 0 Å². The summed E-state index contributed by atoms with van der Waals surface area (Å²) in [5.74, 6) is 0. The average Bonchev–Trinajstić information content (AvgIpc) is 2.18. The molecule has 0 heterocycles. The first-order valence-corrected chi connectivity index (χ1v) is 4.32. The van der Waals surface area contributed by atoms with E-state index in [0.717, 1.165) is 5.56 Å². The Morgan fingerprint density at radius 3 is 2.38 bits per heavy atom. The zero-order valence-corrected chi connectivity index (χ0v) is 7.43. The summed E-state index contributed by atoms with van der Waals surface area (Å²) >= 11 is 0. The van der Waals surface area contributed by atoms with Crippen LogP contribution in [0.3, 0.4) is 0 Å². The van der Waals surface area contributed by atoms with Crippen molar-refractivity contribution in [3.63, 3.8) is 0 Å². The standard InChI is InChI=1S/C10H15NO2/c11-9(10(13)7-12)6-8-4-2-1-3-5-8/h1-5,9-10,12-13H,6-7,11H2/t9-,10-/m0/s1. The molecule has 0 aliphatic heterocycles. The van der Waals surface area contributed by atoms with Gasteiger partial charge in [0.15, 0.2) is 0 Å². The number of aliphatic hydroxyl groups is 2. The third kappa shape index (κ3) is 3.14. The van der Waals surface area contributed by atoms with Crippen LogP contribution >= 0.6 is 0 Å². The third-order valence-corrected chi connectivity index (χ3v) is 2.00. The topological polar surface area (TPSA) is 66.5 Å². The molecule has 0 spiro atoms. The second-order valence-corrected chi connectivity index (χ2v) is 3.10. The number of benzene rings is 1. The Morgan fingerprint density at radius 2 is 1.85 bits per heavy atom. The molecule has 3 nitrogen and oxygen atoms in total. The van der Waals surface area contributed by atoms with Gasteiger partial charge in [0.25, 0.3) is 0 Å². The highest BCUT2D eigenvalue weighted by molar-refractivity contribution is 5.16. The van der Waals surface area contributed by atoms with Crippen molar-refractivity contribution in [2.75, 3.05) is 6.61 Å². The summed E-state index contributed by atoms with van der Waals surface area (Å²) in [6, 6.07) is 9.28. The van der Waals surface area contributed by atoms with Gasteiger partial charge in [0.05, 0.1) is 12.7 Å². The molecule has 2 atom stereocenters. The van der Waals surface area contributed by atoms with E-state index in [4.69, 9.17) is 10.8 Å². The van der Waals surface area contributed by atoms with Crippen molar-refractivity contribution >= 4 is 0 Å². The van der Waals surface area contributed by atoms with E-state index >= 15 is 0 Å². The minimum atomic E-state index is -0.833. The smallest absolute Gasteiger partial charge is 0.0924 e. The van der Waals surface area contributed by atoms with Crippen LogP contribution in [0.4, 0.5) is 0 Å². The van der Waals surface area contributed by atoms with Crippen molar-refractivity contribution < 1.29 is 10.2 Å². The molecule has 0 bridgehead atoms. The fraction of sp³-hybridized carbons (Fsp3) is 0.400. The molecule has 1 aromatic carbocycles. The Bertz CT molecular complexity index is 238. The molecule has 0 aliphatic rings. The maximum absolute atomic E-state index is 9.21. The predicted molar refractivity (Wildman–Crippen MR) is 51.2 cm³/mol. The number of aliphatic hydroxyl groups excluding tert-OH is 2. The first-order valence-electron chi connectivity index (χ1n) is 4.32. The van der Waals surface area contributed by atoms with Crippen LogP contribution in [0.25, 0.3) is 0 Å². The van der Waals surface area contributed by atoms with Gasteiger partial charge in [-0.05, 0) is 12.0 Å². The van der Waals surface area contributed by atoms with E-state index in [1.165, 1.54) is 0 Å². The normalized spacial score (nSPS) is 15.3. The van der Waals surface area contributed by atoms with E-state index in [9.17, 15) is 5.11 Å².